The van der Waals surface area contributed by atoms with Crippen LogP contribution in [0.25, 0.3) is 0 Å². The van der Waals surface area contributed by atoms with Gasteiger partial charge in [-0.1, -0.05) is 6.42 Å². The first-order valence-electron chi connectivity index (χ1n) is 7.29. The van der Waals surface area contributed by atoms with Crippen molar-refractivity contribution in [1.82, 2.24) is 9.80 Å². The second-order valence-electron chi connectivity index (χ2n) is 6.18. The van der Waals surface area contributed by atoms with E-state index in [1.807, 2.05) is 0 Å². The quantitative estimate of drug-likeness (QED) is 0.804. The van der Waals surface area contributed by atoms with E-state index in [4.69, 9.17) is 5.73 Å². The lowest BCUT2D eigenvalue weighted by atomic mass is 9.94. The smallest absolute Gasteiger partial charge is 0.0113 e. The first kappa shape index (κ1) is 13.3. The predicted octanol–water partition coefficient (Wildman–Crippen LogP) is 1.39. The molecule has 2 atom stereocenters. The van der Waals surface area contributed by atoms with Gasteiger partial charge in [-0.15, -0.1) is 0 Å². The lowest BCUT2D eigenvalue weighted by molar-refractivity contribution is 0.122. The molecular formula is C14H29N3. The molecule has 0 amide bonds. The summed E-state index contributed by atoms with van der Waals surface area (Å²) >= 11 is 0. The minimum atomic E-state index is 0.806. The lowest BCUT2D eigenvalue weighted by Gasteiger charge is -2.37. The number of nitrogens with two attached hydrogens (primary N) is 1. The normalized spacial score (nSPS) is 32.5. The molecule has 1 saturated heterocycles. The van der Waals surface area contributed by atoms with Crippen molar-refractivity contribution in [2.24, 2.45) is 17.6 Å². The fourth-order valence-electron chi connectivity index (χ4n) is 3.61. The first-order valence-corrected chi connectivity index (χ1v) is 7.29. The van der Waals surface area contributed by atoms with E-state index in [1.54, 1.807) is 0 Å². The fourth-order valence-corrected chi connectivity index (χ4v) is 3.61. The Morgan fingerprint density at radius 2 is 1.71 bits per heavy atom. The van der Waals surface area contributed by atoms with Gasteiger partial charge in [0.15, 0.2) is 0 Å². The topological polar surface area (TPSA) is 32.5 Å². The van der Waals surface area contributed by atoms with Gasteiger partial charge in [0.05, 0.1) is 0 Å². The van der Waals surface area contributed by atoms with Crippen molar-refractivity contribution in [3.63, 3.8) is 0 Å². The average molecular weight is 239 g/mol. The summed E-state index contributed by atoms with van der Waals surface area (Å²) in [7, 11) is 4.42. The summed E-state index contributed by atoms with van der Waals surface area (Å²) in [6.07, 6.45) is 6.87. The molecule has 3 nitrogen and oxygen atoms in total. The molecule has 1 saturated carbocycles. The van der Waals surface area contributed by atoms with Crippen LogP contribution >= 0.6 is 0 Å². The molecule has 0 aromatic heterocycles. The zero-order chi connectivity index (χ0) is 12.3. The lowest BCUT2D eigenvalue weighted by Crippen LogP contribution is -2.44. The molecule has 1 heterocycles. The van der Waals surface area contributed by atoms with Crippen molar-refractivity contribution in [3.8, 4) is 0 Å². The van der Waals surface area contributed by atoms with E-state index in [9.17, 15) is 0 Å². The van der Waals surface area contributed by atoms with Crippen LogP contribution in [-0.4, -0.2) is 56.1 Å². The van der Waals surface area contributed by atoms with Gasteiger partial charge in [0.25, 0.3) is 0 Å². The molecule has 2 rings (SSSR count). The van der Waals surface area contributed by atoms with Crippen molar-refractivity contribution in [1.29, 1.82) is 0 Å². The van der Waals surface area contributed by atoms with Gasteiger partial charge in [-0.2, -0.15) is 0 Å². The second kappa shape index (κ2) is 6.17. The Kier molecular flexibility index (Phi) is 4.83. The molecule has 0 bridgehead atoms. The molecule has 0 spiro atoms. The van der Waals surface area contributed by atoms with E-state index >= 15 is 0 Å². The molecule has 0 aromatic rings. The molecule has 0 radical (unpaired) electrons. The number of hydrogen-bond donors (Lipinski definition) is 1. The van der Waals surface area contributed by atoms with Crippen molar-refractivity contribution < 1.29 is 0 Å². The highest BCUT2D eigenvalue weighted by Crippen LogP contribution is 2.32. The summed E-state index contributed by atoms with van der Waals surface area (Å²) in [5.41, 5.74) is 5.87. The monoisotopic (exact) mass is 239 g/mol. The third kappa shape index (κ3) is 3.43. The summed E-state index contributed by atoms with van der Waals surface area (Å²) in [6, 6.07) is 0.806. The van der Waals surface area contributed by atoms with Gasteiger partial charge in [0.1, 0.15) is 0 Å². The maximum absolute atomic E-state index is 5.87. The summed E-state index contributed by atoms with van der Waals surface area (Å²) < 4.78 is 0. The van der Waals surface area contributed by atoms with Crippen LogP contribution in [0, 0.1) is 11.8 Å². The van der Waals surface area contributed by atoms with Crippen LogP contribution in [0.15, 0.2) is 0 Å². The van der Waals surface area contributed by atoms with Crippen LogP contribution in [0.1, 0.15) is 32.1 Å². The predicted molar refractivity (Wildman–Crippen MR) is 73.0 cm³/mol. The summed E-state index contributed by atoms with van der Waals surface area (Å²) in [5, 5.41) is 0. The van der Waals surface area contributed by atoms with E-state index in [0.29, 0.717) is 0 Å². The minimum absolute atomic E-state index is 0.806. The maximum atomic E-state index is 5.87. The Hall–Kier alpha value is -0.120. The van der Waals surface area contributed by atoms with E-state index in [2.05, 4.69) is 23.9 Å². The van der Waals surface area contributed by atoms with Crippen molar-refractivity contribution in [3.05, 3.63) is 0 Å². The molecular weight excluding hydrogens is 210 g/mol. The van der Waals surface area contributed by atoms with Crippen LogP contribution < -0.4 is 5.73 Å². The number of nitrogens with zero attached hydrogens (tertiary/aromatic N) is 2. The largest absolute Gasteiger partial charge is 0.330 e. The van der Waals surface area contributed by atoms with Crippen molar-refractivity contribution in [2.75, 3.05) is 40.3 Å². The zero-order valence-corrected chi connectivity index (χ0v) is 11.6. The van der Waals surface area contributed by atoms with Gasteiger partial charge in [0.2, 0.25) is 0 Å². The van der Waals surface area contributed by atoms with Gasteiger partial charge < -0.3 is 15.5 Å². The minimum Gasteiger partial charge on any atom is -0.330 e. The zero-order valence-electron chi connectivity index (χ0n) is 11.6. The summed E-state index contributed by atoms with van der Waals surface area (Å²) in [4.78, 5) is 5.06. The number of rotatable bonds is 4. The molecule has 1 aliphatic heterocycles. The Bertz CT molecular complexity index is 222. The number of likely N-dealkylation sites (tertiary alicyclic amines) is 1. The third-order valence-electron chi connectivity index (χ3n) is 4.90. The molecule has 1 aliphatic carbocycles. The molecule has 100 valence electrons. The number of piperidine rings is 1. The van der Waals surface area contributed by atoms with E-state index in [0.717, 1.165) is 24.4 Å². The van der Waals surface area contributed by atoms with E-state index in [-0.39, 0.29) is 0 Å². The highest BCUT2D eigenvalue weighted by molar-refractivity contribution is 4.83. The molecule has 2 unspecified atom stereocenters. The Morgan fingerprint density at radius 1 is 1.06 bits per heavy atom. The van der Waals surface area contributed by atoms with Crippen LogP contribution in [0.5, 0.6) is 0 Å². The van der Waals surface area contributed by atoms with Gasteiger partial charge >= 0.3 is 0 Å². The third-order valence-corrected chi connectivity index (χ3v) is 4.90. The van der Waals surface area contributed by atoms with Crippen LogP contribution in [0.3, 0.4) is 0 Å². The van der Waals surface area contributed by atoms with Gasteiger partial charge in [-0.3, -0.25) is 0 Å². The van der Waals surface area contributed by atoms with E-state index in [1.165, 1.54) is 51.7 Å². The summed E-state index contributed by atoms with van der Waals surface area (Å²) in [5.74, 6) is 1.69. The fraction of sp³-hybridized carbons (Fsp3) is 1.00. The number of hydrogen-bond acceptors (Lipinski definition) is 3. The van der Waals surface area contributed by atoms with Crippen molar-refractivity contribution in [2.45, 2.75) is 38.1 Å². The molecule has 0 aromatic carbocycles. The Labute approximate surface area is 106 Å². The molecule has 2 aliphatic rings. The van der Waals surface area contributed by atoms with Gasteiger partial charge in [-0.25, -0.2) is 0 Å². The SMILES string of the molecule is CN(C)C1CCN(CC2CCCC2CN)CC1. The molecule has 17 heavy (non-hydrogen) atoms. The maximum Gasteiger partial charge on any atom is 0.0113 e. The van der Waals surface area contributed by atoms with Gasteiger partial charge in [-0.05, 0) is 71.2 Å². The first-order chi connectivity index (χ1) is 8.20. The second-order valence-corrected chi connectivity index (χ2v) is 6.18. The molecule has 3 heteroatoms. The Balaban J connectivity index is 1.74. The van der Waals surface area contributed by atoms with Crippen LogP contribution in [0.2, 0.25) is 0 Å². The van der Waals surface area contributed by atoms with E-state index < -0.39 is 0 Å². The van der Waals surface area contributed by atoms with Gasteiger partial charge in [0, 0.05) is 12.6 Å². The molecule has 2 fully saturated rings. The highest BCUT2D eigenvalue weighted by atomic mass is 15.2. The standard InChI is InChI=1S/C14H29N3/c1-16(2)14-6-8-17(9-7-14)11-13-5-3-4-12(13)10-15/h12-14H,3-11,15H2,1-2H3. The molecule has 2 N–H and O–H groups in total. The average Bonchev–Trinajstić information content (AvgIpc) is 2.77. The van der Waals surface area contributed by atoms with Crippen LogP contribution in [-0.2, 0) is 0 Å². The summed E-state index contributed by atoms with van der Waals surface area (Å²) in [6.45, 7) is 4.79. The Morgan fingerprint density at radius 3 is 2.29 bits per heavy atom. The highest BCUT2D eigenvalue weighted by Gasteiger charge is 2.29. The van der Waals surface area contributed by atoms with Crippen molar-refractivity contribution >= 4 is 0 Å². The van der Waals surface area contributed by atoms with Crippen LogP contribution in [0.4, 0.5) is 0 Å².